The number of nitrogens with zero attached hydrogens (tertiary/aromatic N) is 1. The van der Waals surface area contributed by atoms with Gasteiger partial charge >= 0.3 is 10.1 Å². The van der Waals surface area contributed by atoms with Gasteiger partial charge in [-0.05, 0) is 79.2 Å². The fraction of sp³-hybridized carbons (Fsp3) is 0.120. The van der Waals surface area contributed by atoms with Crippen LogP contribution < -0.4 is 19.0 Å². The summed E-state index contributed by atoms with van der Waals surface area (Å²) in [6.45, 7) is 2.39. The minimum atomic E-state index is -4.14. The number of amides is 1. The Bertz CT molecular complexity index is 1380. The number of nitrogens with one attached hydrogen (secondary N) is 1. The second kappa shape index (κ2) is 11.4. The maximum atomic E-state index is 12.6. The molecule has 8 nitrogen and oxygen atoms in total. The predicted molar refractivity (Wildman–Crippen MR) is 132 cm³/mol. The molecular formula is C25H21ClN2O6S. The number of benzene rings is 3. The van der Waals surface area contributed by atoms with E-state index >= 15 is 0 Å². The molecule has 0 spiro atoms. The van der Waals surface area contributed by atoms with Crippen molar-refractivity contribution in [3.05, 3.63) is 82.9 Å². The number of halogens is 1. The summed E-state index contributed by atoms with van der Waals surface area (Å²) in [7, 11) is -2.80. The van der Waals surface area contributed by atoms with Crippen LogP contribution in [0, 0.1) is 11.3 Å². The first-order valence-electron chi connectivity index (χ1n) is 10.3. The van der Waals surface area contributed by atoms with Crippen LogP contribution in [-0.2, 0) is 14.9 Å². The van der Waals surface area contributed by atoms with Gasteiger partial charge in [-0.1, -0.05) is 17.7 Å². The molecule has 0 radical (unpaired) electrons. The van der Waals surface area contributed by atoms with Gasteiger partial charge in [-0.15, -0.1) is 0 Å². The van der Waals surface area contributed by atoms with Crippen LogP contribution >= 0.6 is 11.6 Å². The highest BCUT2D eigenvalue weighted by Crippen LogP contribution is 2.32. The van der Waals surface area contributed by atoms with Crippen LogP contribution in [0.2, 0.25) is 5.02 Å². The summed E-state index contributed by atoms with van der Waals surface area (Å²) in [5.74, 6) is 0.0905. The Balaban J connectivity index is 1.79. The molecule has 0 unspecified atom stereocenters. The van der Waals surface area contributed by atoms with Crippen molar-refractivity contribution in [1.82, 2.24) is 0 Å². The van der Waals surface area contributed by atoms with E-state index in [4.69, 9.17) is 25.3 Å². The van der Waals surface area contributed by atoms with Gasteiger partial charge in [0.1, 0.15) is 22.3 Å². The molecule has 1 amide bonds. The SMILES string of the molecule is CCOc1ccc(NC(=O)/C(C#N)=C/c2ccc(OS(=O)(=O)c3ccc(Cl)cc3)c(OC)c2)cc1. The zero-order chi connectivity index (χ0) is 25.4. The van der Waals surface area contributed by atoms with Gasteiger partial charge in [-0.3, -0.25) is 4.79 Å². The van der Waals surface area contributed by atoms with Gasteiger partial charge in [0.25, 0.3) is 5.91 Å². The van der Waals surface area contributed by atoms with Crippen LogP contribution in [0.3, 0.4) is 0 Å². The van der Waals surface area contributed by atoms with Crippen LogP contribution in [0.1, 0.15) is 12.5 Å². The van der Waals surface area contributed by atoms with E-state index in [9.17, 15) is 18.5 Å². The third-order valence-corrected chi connectivity index (χ3v) is 6.09. The Hall–Kier alpha value is -4.00. The van der Waals surface area contributed by atoms with E-state index < -0.39 is 16.0 Å². The lowest BCUT2D eigenvalue weighted by Gasteiger charge is -2.12. The normalized spacial score (nSPS) is 11.3. The molecule has 3 rings (SSSR count). The number of ether oxygens (including phenoxy) is 2. The van der Waals surface area contributed by atoms with Gasteiger partial charge in [-0.25, -0.2) is 0 Å². The highest BCUT2D eigenvalue weighted by atomic mass is 35.5. The molecule has 3 aromatic rings. The number of carbonyl (C=O) groups is 1. The fourth-order valence-corrected chi connectivity index (χ4v) is 3.99. The monoisotopic (exact) mass is 512 g/mol. The maximum Gasteiger partial charge on any atom is 0.339 e. The molecule has 0 aliphatic heterocycles. The Morgan fingerprint density at radius 3 is 2.34 bits per heavy atom. The Morgan fingerprint density at radius 1 is 1.06 bits per heavy atom. The van der Waals surface area contributed by atoms with Crippen LogP contribution in [0.25, 0.3) is 6.08 Å². The molecule has 0 saturated carbocycles. The van der Waals surface area contributed by atoms with E-state index in [0.29, 0.717) is 28.6 Å². The van der Waals surface area contributed by atoms with E-state index in [0.717, 1.165) is 0 Å². The highest BCUT2D eigenvalue weighted by Gasteiger charge is 2.19. The number of hydrogen-bond donors (Lipinski definition) is 1. The second-order valence-electron chi connectivity index (χ2n) is 6.98. The number of methoxy groups -OCH3 is 1. The number of rotatable bonds is 9. The summed E-state index contributed by atoms with van der Waals surface area (Å²) in [5, 5.41) is 12.5. The lowest BCUT2D eigenvalue weighted by atomic mass is 10.1. The van der Waals surface area contributed by atoms with Crippen molar-refractivity contribution in [3.63, 3.8) is 0 Å². The third-order valence-electron chi connectivity index (χ3n) is 4.59. The molecule has 1 N–H and O–H groups in total. The quantitative estimate of drug-likeness (QED) is 0.242. The summed E-state index contributed by atoms with van der Waals surface area (Å²) >= 11 is 5.81. The zero-order valence-electron chi connectivity index (χ0n) is 18.8. The average molecular weight is 513 g/mol. The second-order valence-corrected chi connectivity index (χ2v) is 8.97. The highest BCUT2D eigenvalue weighted by molar-refractivity contribution is 7.87. The molecular weight excluding hydrogens is 492 g/mol. The molecule has 0 aliphatic rings. The molecule has 35 heavy (non-hydrogen) atoms. The summed E-state index contributed by atoms with van der Waals surface area (Å²) in [6, 6.07) is 18.4. The lowest BCUT2D eigenvalue weighted by Crippen LogP contribution is -2.13. The van der Waals surface area contributed by atoms with E-state index in [1.807, 2.05) is 13.0 Å². The smallest absolute Gasteiger partial charge is 0.339 e. The van der Waals surface area contributed by atoms with Gasteiger partial charge in [0.15, 0.2) is 11.5 Å². The molecule has 0 bridgehead atoms. The molecule has 0 atom stereocenters. The third kappa shape index (κ3) is 6.76. The van der Waals surface area contributed by atoms with Crippen molar-refractivity contribution in [2.24, 2.45) is 0 Å². The number of nitriles is 1. The van der Waals surface area contributed by atoms with E-state index in [-0.39, 0.29) is 22.0 Å². The first-order valence-corrected chi connectivity index (χ1v) is 12.1. The lowest BCUT2D eigenvalue weighted by molar-refractivity contribution is -0.112. The predicted octanol–water partition coefficient (Wildman–Crippen LogP) is 5.06. The van der Waals surface area contributed by atoms with Crippen LogP contribution in [0.15, 0.2) is 77.2 Å². The molecule has 3 aromatic carbocycles. The van der Waals surface area contributed by atoms with Gasteiger partial charge in [0.2, 0.25) is 0 Å². The molecule has 10 heteroatoms. The summed E-state index contributed by atoms with van der Waals surface area (Å²) < 4.78 is 41.0. The minimum Gasteiger partial charge on any atom is -0.494 e. The maximum absolute atomic E-state index is 12.6. The molecule has 0 fully saturated rings. The number of anilines is 1. The molecule has 0 saturated heterocycles. The molecule has 0 aliphatic carbocycles. The zero-order valence-corrected chi connectivity index (χ0v) is 20.4. The van der Waals surface area contributed by atoms with Crippen molar-refractivity contribution >= 4 is 39.4 Å². The number of carbonyl (C=O) groups excluding carboxylic acids is 1. The standard InChI is InChI=1S/C25H21ClN2O6S/c1-3-33-21-9-7-20(8-10-21)28-25(29)18(16-27)14-17-4-13-23(24(15-17)32-2)34-35(30,31)22-11-5-19(26)6-12-22/h4-15H,3H2,1-2H3,(H,28,29)/b18-14+. The summed E-state index contributed by atoms with van der Waals surface area (Å²) in [6.07, 6.45) is 1.35. The van der Waals surface area contributed by atoms with E-state index in [1.54, 1.807) is 24.3 Å². The van der Waals surface area contributed by atoms with Crippen LogP contribution in [0.4, 0.5) is 5.69 Å². The first kappa shape index (κ1) is 25.6. The van der Waals surface area contributed by atoms with Gasteiger partial charge < -0.3 is 19.0 Å². The van der Waals surface area contributed by atoms with Crippen molar-refractivity contribution in [1.29, 1.82) is 5.26 Å². The minimum absolute atomic E-state index is 0.0584. The van der Waals surface area contributed by atoms with E-state index in [1.165, 1.54) is 55.7 Å². The Morgan fingerprint density at radius 2 is 1.74 bits per heavy atom. The summed E-state index contributed by atoms with van der Waals surface area (Å²) in [4.78, 5) is 12.5. The molecule has 0 heterocycles. The van der Waals surface area contributed by atoms with Crippen LogP contribution in [0.5, 0.6) is 17.2 Å². The van der Waals surface area contributed by atoms with Crippen molar-refractivity contribution in [3.8, 4) is 23.3 Å². The Labute approximate surface area is 208 Å². The van der Waals surface area contributed by atoms with Crippen molar-refractivity contribution in [2.75, 3.05) is 19.0 Å². The average Bonchev–Trinajstić information content (AvgIpc) is 2.84. The number of hydrogen-bond acceptors (Lipinski definition) is 7. The van der Waals surface area contributed by atoms with Gasteiger partial charge in [0, 0.05) is 10.7 Å². The van der Waals surface area contributed by atoms with Crippen LogP contribution in [-0.4, -0.2) is 28.0 Å². The largest absolute Gasteiger partial charge is 0.494 e. The summed E-state index contributed by atoms with van der Waals surface area (Å²) in [5.41, 5.74) is 0.758. The Kier molecular flexibility index (Phi) is 8.36. The van der Waals surface area contributed by atoms with Gasteiger partial charge in [0.05, 0.1) is 13.7 Å². The van der Waals surface area contributed by atoms with Gasteiger partial charge in [-0.2, -0.15) is 13.7 Å². The fourth-order valence-electron chi connectivity index (χ4n) is 2.93. The van der Waals surface area contributed by atoms with Crippen molar-refractivity contribution in [2.45, 2.75) is 11.8 Å². The molecule has 0 aromatic heterocycles. The van der Waals surface area contributed by atoms with Crippen molar-refractivity contribution < 1.29 is 26.9 Å². The van der Waals surface area contributed by atoms with E-state index in [2.05, 4.69) is 5.32 Å². The first-order chi connectivity index (χ1) is 16.7. The molecule has 180 valence electrons. The topological polar surface area (TPSA) is 115 Å².